The van der Waals surface area contributed by atoms with Crippen LogP contribution in [0.2, 0.25) is 0 Å². The second-order valence-electron chi connectivity index (χ2n) is 7.60. The number of nitrogens with zero attached hydrogens (tertiary/aromatic N) is 2. The standard InChI is InChI=1S/C25H34N2O/c1-2-3-4-5-6-7-8-9-15-20-27-24-19-14-13-18-23(24)26-25(27)21-28-22-16-11-10-12-17-22/h10-14,16-19H,2-9,15,20-21H2,1H3. The Morgan fingerprint density at radius 2 is 1.39 bits per heavy atom. The molecule has 0 aliphatic carbocycles. The fourth-order valence-electron chi connectivity index (χ4n) is 3.73. The normalized spacial score (nSPS) is 11.2. The molecule has 0 radical (unpaired) electrons. The van der Waals surface area contributed by atoms with Gasteiger partial charge in [-0.05, 0) is 30.7 Å². The Hall–Kier alpha value is -2.29. The lowest BCUT2D eigenvalue weighted by atomic mass is 10.1. The third kappa shape index (κ3) is 6.12. The molecule has 0 fully saturated rings. The van der Waals surface area contributed by atoms with E-state index in [2.05, 4.69) is 35.8 Å². The van der Waals surface area contributed by atoms with E-state index in [1.807, 2.05) is 30.3 Å². The van der Waals surface area contributed by atoms with Crippen LogP contribution in [-0.2, 0) is 13.2 Å². The van der Waals surface area contributed by atoms with Gasteiger partial charge in [0.25, 0.3) is 0 Å². The van der Waals surface area contributed by atoms with Crippen LogP contribution in [0.25, 0.3) is 11.0 Å². The van der Waals surface area contributed by atoms with Crippen molar-refractivity contribution in [3.05, 3.63) is 60.4 Å². The second-order valence-corrected chi connectivity index (χ2v) is 7.60. The lowest BCUT2D eigenvalue weighted by Crippen LogP contribution is -2.07. The van der Waals surface area contributed by atoms with Gasteiger partial charge >= 0.3 is 0 Å². The SMILES string of the molecule is CCCCCCCCCCCn1c(COc2ccccc2)nc2ccccc21. The highest BCUT2D eigenvalue weighted by atomic mass is 16.5. The fourth-order valence-corrected chi connectivity index (χ4v) is 3.73. The summed E-state index contributed by atoms with van der Waals surface area (Å²) in [7, 11) is 0. The van der Waals surface area contributed by atoms with Gasteiger partial charge in [-0.2, -0.15) is 0 Å². The summed E-state index contributed by atoms with van der Waals surface area (Å²) in [6.07, 6.45) is 12.1. The molecular weight excluding hydrogens is 344 g/mol. The fraction of sp³-hybridized carbons (Fsp3) is 0.480. The van der Waals surface area contributed by atoms with Crippen LogP contribution in [-0.4, -0.2) is 9.55 Å². The predicted molar refractivity (Wildman–Crippen MR) is 118 cm³/mol. The summed E-state index contributed by atoms with van der Waals surface area (Å²) in [6, 6.07) is 18.4. The molecule has 1 heterocycles. The van der Waals surface area contributed by atoms with Crippen molar-refractivity contribution in [2.24, 2.45) is 0 Å². The molecule has 0 aliphatic heterocycles. The first-order valence-electron chi connectivity index (χ1n) is 11.0. The summed E-state index contributed by atoms with van der Waals surface area (Å²) in [4.78, 5) is 4.82. The van der Waals surface area contributed by atoms with E-state index in [0.717, 1.165) is 23.6 Å². The molecule has 1 aromatic heterocycles. The van der Waals surface area contributed by atoms with Gasteiger partial charge in [0.05, 0.1) is 11.0 Å². The molecular formula is C25H34N2O. The minimum absolute atomic E-state index is 0.510. The molecule has 0 spiro atoms. The maximum atomic E-state index is 5.97. The van der Waals surface area contributed by atoms with Gasteiger partial charge in [-0.15, -0.1) is 0 Å². The van der Waals surface area contributed by atoms with Gasteiger partial charge in [0.2, 0.25) is 0 Å². The van der Waals surface area contributed by atoms with E-state index >= 15 is 0 Å². The van der Waals surface area contributed by atoms with E-state index in [-0.39, 0.29) is 0 Å². The molecule has 3 nitrogen and oxygen atoms in total. The first-order valence-corrected chi connectivity index (χ1v) is 11.0. The average molecular weight is 379 g/mol. The number of unbranched alkanes of at least 4 members (excludes halogenated alkanes) is 8. The summed E-state index contributed by atoms with van der Waals surface area (Å²) < 4.78 is 8.32. The summed E-state index contributed by atoms with van der Waals surface area (Å²) in [5, 5.41) is 0. The van der Waals surface area contributed by atoms with Crippen LogP contribution in [0.3, 0.4) is 0 Å². The van der Waals surface area contributed by atoms with Crippen LogP contribution in [0.4, 0.5) is 0 Å². The summed E-state index contributed by atoms with van der Waals surface area (Å²) in [5.74, 6) is 1.91. The van der Waals surface area contributed by atoms with Crippen molar-refractivity contribution in [3.63, 3.8) is 0 Å². The highest BCUT2D eigenvalue weighted by Gasteiger charge is 2.10. The second kappa shape index (κ2) is 11.5. The lowest BCUT2D eigenvalue weighted by molar-refractivity contribution is 0.289. The van der Waals surface area contributed by atoms with Gasteiger partial charge in [-0.25, -0.2) is 4.98 Å². The topological polar surface area (TPSA) is 27.1 Å². The van der Waals surface area contributed by atoms with Crippen molar-refractivity contribution in [1.82, 2.24) is 9.55 Å². The van der Waals surface area contributed by atoms with E-state index in [1.54, 1.807) is 0 Å². The highest BCUT2D eigenvalue weighted by molar-refractivity contribution is 5.75. The molecule has 0 bridgehead atoms. The highest BCUT2D eigenvalue weighted by Crippen LogP contribution is 2.20. The number of hydrogen-bond acceptors (Lipinski definition) is 2. The Labute approximate surface area is 169 Å². The molecule has 150 valence electrons. The number of imidazole rings is 1. The Balaban J connectivity index is 1.51. The van der Waals surface area contributed by atoms with Crippen LogP contribution in [0.15, 0.2) is 54.6 Å². The van der Waals surface area contributed by atoms with Crippen LogP contribution >= 0.6 is 0 Å². The summed E-state index contributed by atoms with van der Waals surface area (Å²) >= 11 is 0. The minimum Gasteiger partial charge on any atom is -0.486 e. The maximum Gasteiger partial charge on any atom is 0.147 e. The number of fused-ring (bicyclic) bond motifs is 1. The Bertz CT molecular complexity index is 810. The summed E-state index contributed by atoms with van der Waals surface area (Å²) in [5.41, 5.74) is 2.28. The molecule has 0 amide bonds. The number of benzene rings is 2. The molecule has 3 aromatic rings. The monoisotopic (exact) mass is 378 g/mol. The van der Waals surface area contributed by atoms with Gasteiger partial charge in [-0.1, -0.05) is 88.6 Å². The van der Waals surface area contributed by atoms with Gasteiger partial charge in [0.1, 0.15) is 18.2 Å². The number of hydrogen-bond donors (Lipinski definition) is 0. The lowest BCUT2D eigenvalue weighted by Gasteiger charge is -2.10. The van der Waals surface area contributed by atoms with Crippen molar-refractivity contribution in [3.8, 4) is 5.75 Å². The first-order chi connectivity index (χ1) is 13.9. The molecule has 0 unspecified atom stereocenters. The number of ether oxygens (including phenoxy) is 1. The number of aromatic nitrogens is 2. The van der Waals surface area contributed by atoms with Crippen molar-refractivity contribution in [2.75, 3.05) is 0 Å². The molecule has 0 saturated carbocycles. The van der Waals surface area contributed by atoms with Crippen molar-refractivity contribution >= 4 is 11.0 Å². The third-order valence-electron chi connectivity index (χ3n) is 5.33. The molecule has 0 N–H and O–H groups in total. The van der Waals surface area contributed by atoms with E-state index in [4.69, 9.17) is 9.72 Å². The van der Waals surface area contributed by atoms with Gasteiger partial charge in [-0.3, -0.25) is 0 Å². The largest absolute Gasteiger partial charge is 0.486 e. The Morgan fingerprint density at radius 1 is 0.750 bits per heavy atom. The minimum atomic E-state index is 0.510. The zero-order valence-electron chi connectivity index (χ0n) is 17.3. The van der Waals surface area contributed by atoms with E-state index < -0.39 is 0 Å². The molecule has 0 atom stereocenters. The number of para-hydroxylation sites is 3. The number of aryl methyl sites for hydroxylation is 1. The van der Waals surface area contributed by atoms with E-state index in [1.165, 1.54) is 63.3 Å². The predicted octanol–water partition coefficient (Wildman–Crippen LogP) is 7.15. The van der Waals surface area contributed by atoms with Crippen LogP contribution in [0, 0.1) is 0 Å². The zero-order valence-corrected chi connectivity index (χ0v) is 17.3. The van der Waals surface area contributed by atoms with Crippen molar-refractivity contribution in [2.45, 2.75) is 77.9 Å². The molecule has 28 heavy (non-hydrogen) atoms. The van der Waals surface area contributed by atoms with Crippen LogP contribution in [0.1, 0.15) is 70.5 Å². The smallest absolute Gasteiger partial charge is 0.147 e. The molecule has 2 aromatic carbocycles. The quantitative estimate of drug-likeness (QED) is 0.295. The van der Waals surface area contributed by atoms with Crippen LogP contribution in [0.5, 0.6) is 5.75 Å². The summed E-state index contributed by atoms with van der Waals surface area (Å²) in [6.45, 7) is 3.80. The average Bonchev–Trinajstić information content (AvgIpc) is 3.09. The molecule has 0 saturated heterocycles. The van der Waals surface area contributed by atoms with Crippen LogP contribution < -0.4 is 4.74 Å². The number of rotatable bonds is 13. The van der Waals surface area contributed by atoms with Gasteiger partial charge in [0, 0.05) is 6.54 Å². The van der Waals surface area contributed by atoms with E-state index in [9.17, 15) is 0 Å². The van der Waals surface area contributed by atoms with Gasteiger partial charge in [0.15, 0.2) is 0 Å². The molecule has 3 rings (SSSR count). The Kier molecular flexibility index (Phi) is 8.42. The van der Waals surface area contributed by atoms with Crippen molar-refractivity contribution in [1.29, 1.82) is 0 Å². The van der Waals surface area contributed by atoms with Gasteiger partial charge < -0.3 is 9.30 Å². The first kappa shape index (κ1) is 20.4. The zero-order chi connectivity index (χ0) is 19.4. The molecule has 0 aliphatic rings. The molecule has 3 heteroatoms. The van der Waals surface area contributed by atoms with E-state index in [0.29, 0.717) is 6.61 Å². The maximum absolute atomic E-state index is 5.97. The Morgan fingerprint density at radius 3 is 2.14 bits per heavy atom. The van der Waals surface area contributed by atoms with Crippen molar-refractivity contribution < 1.29 is 4.74 Å². The third-order valence-corrected chi connectivity index (χ3v) is 5.33.